The molecular weight excluding hydrogens is 815 g/mol. The van der Waals surface area contributed by atoms with Crippen LogP contribution in [0.2, 0.25) is 0 Å². The Hall–Kier alpha value is -6.47. The molecule has 26 heteroatoms. The summed E-state index contributed by atoms with van der Waals surface area (Å²) in [7, 11) is 6.55. The summed E-state index contributed by atoms with van der Waals surface area (Å²) in [4.78, 5) is 113. The zero-order valence-corrected chi connectivity index (χ0v) is 36.6. The first-order chi connectivity index (χ1) is 29.4. The summed E-state index contributed by atoms with van der Waals surface area (Å²) in [5, 5.41) is 38.1. The summed E-state index contributed by atoms with van der Waals surface area (Å²) in [6.07, 6.45) is 1.49. The minimum atomic E-state index is -1.30. The van der Waals surface area contributed by atoms with Crippen LogP contribution in [0.3, 0.4) is 0 Å². The van der Waals surface area contributed by atoms with Crippen LogP contribution in [0.1, 0.15) is 58.8 Å². The normalized spacial score (nSPS) is 12.7. The molecule has 0 aromatic carbocycles. The summed E-state index contributed by atoms with van der Waals surface area (Å²) in [5.41, 5.74) is 16.4. The van der Waals surface area contributed by atoms with Crippen LogP contribution in [-0.4, -0.2) is 168 Å². The number of carbonyl (C=O) groups excluding carboxylic acids is 7. The molecule has 0 saturated carbocycles. The molecule has 0 aromatic rings. The zero-order chi connectivity index (χ0) is 47.0. The molecule has 0 saturated heterocycles. The average molecular weight is 884 g/mol. The topological polar surface area (TPSA) is 404 Å². The molecule has 0 fully saturated rings. The van der Waals surface area contributed by atoms with E-state index in [0.717, 1.165) is 0 Å². The first kappa shape index (κ1) is 55.5. The number of amides is 7. The lowest BCUT2D eigenvalue weighted by atomic mass is 10.0. The van der Waals surface area contributed by atoms with E-state index in [-0.39, 0.29) is 50.7 Å². The van der Waals surface area contributed by atoms with Crippen LogP contribution in [0, 0.1) is 5.92 Å². The van der Waals surface area contributed by atoms with Gasteiger partial charge in [0.05, 0.1) is 32.2 Å². The molecule has 18 N–H and O–H groups in total. The average Bonchev–Trinajstić information content (AvgIpc) is 3.22. The van der Waals surface area contributed by atoms with E-state index in [2.05, 4.69) is 73.5 Å². The molecule has 0 aromatic heterocycles. The van der Waals surface area contributed by atoms with Crippen molar-refractivity contribution >= 4 is 65.2 Å². The van der Waals surface area contributed by atoms with Crippen LogP contribution in [-0.2, 0) is 38.4 Å². The lowest BCUT2D eigenvalue weighted by Crippen LogP contribution is -2.54. The highest BCUT2D eigenvalue weighted by Crippen LogP contribution is 2.03. The van der Waals surface area contributed by atoms with Gasteiger partial charge in [0.2, 0.25) is 41.4 Å². The van der Waals surface area contributed by atoms with Gasteiger partial charge >= 0.3 is 5.97 Å². The molecule has 0 bridgehead atoms. The van der Waals surface area contributed by atoms with Gasteiger partial charge < -0.3 is 80.8 Å². The number of aliphatic imine (C=N–C) groups is 3. The third kappa shape index (κ3) is 26.6. The van der Waals surface area contributed by atoms with Crippen LogP contribution < -0.4 is 75.7 Å². The maximum absolute atomic E-state index is 13.3. The first-order valence-corrected chi connectivity index (χ1v) is 20.2. The quantitative estimate of drug-likeness (QED) is 0.0189. The lowest BCUT2D eigenvalue weighted by molar-refractivity contribution is -0.142. The maximum Gasteiger partial charge on any atom is 0.326 e. The summed E-state index contributed by atoms with van der Waals surface area (Å²) in [6, 6.07) is -4.44. The number of hydrogen-bond donors (Lipinski definition) is 15. The SMILES string of the molecule is CN=C(NC)NCCC[C@H](NC(=O)CNC(=O)CNC(=O)[C@@H](N)CC(C)C)C(=O)NCC(=O)N[C@@H](CCCN=C(NC)NC)C(=O)NCC(=O)N[C@@H](CCCN=C(N)N)C(=O)O. The van der Waals surface area contributed by atoms with Crippen molar-refractivity contribution in [3.8, 4) is 0 Å². The predicted molar refractivity (Wildman–Crippen MR) is 232 cm³/mol. The minimum absolute atomic E-state index is 0.0104. The molecular formula is C36H69N17O9. The van der Waals surface area contributed by atoms with Crippen molar-refractivity contribution in [2.45, 2.75) is 83.0 Å². The van der Waals surface area contributed by atoms with E-state index in [1.54, 1.807) is 28.2 Å². The van der Waals surface area contributed by atoms with Gasteiger partial charge in [0.15, 0.2) is 17.9 Å². The van der Waals surface area contributed by atoms with Gasteiger partial charge in [0.25, 0.3) is 0 Å². The Morgan fingerprint density at radius 1 is 0.565 bits per heavy atom. The number of guanidine groups is 3. The standard InChI is InChI=1S/C36H69N17O9/c1-21(2)16-22(37)30(58)48-17-26(54)47-18-27(55)51-23(10-7-14-45-35(40-3)41-4)31(59)49-19-28(56)52-24(11-8-15-46-36(42-5)43-6)32(60)50-20-29(57)53-25(33(61)62)12-9-13-44-34(38)39/h21-25H,7-20,37H2,1-6H3,(H,47,54)(H,48,58)(H,49,59)(H,50,60)(H,51,55)(H,52,56)(H,53,57)(H,61,62)(H4,38,39,44)(H2,40,41,45)(H2,42,43,46)/t22-,23-,24-,25-/m0/s1. The van der Waals surface area contributed by atoms with Crippen molar-refractivity contribution in [2.24, 2.45) is 38.1 Å². The number of carboxylic acids is 1. The fourth-order valence-electron chi connectivity index (χ4n) is 5.33. The number of nitrogens with zero attached hydrogens (tertiary/aromatic N) is 3. The van der Waals surface area contributed by atoms with Crippen molar-refractivity contribution < 1.29 is 43.5 Å². The van der Waals surface area contributed by atoms with Gasteiger partial charge in [-0.3, -0.25) is 48.5 Å². The lowest BCUT2D eigenvalue weighted by Gasteiger charge is -2.21. The Bertz CT molecular complexity index is 1550. The maximum atomic E-state index is 13.3. The number of rotatable bonds is 29. The third-order valence-electron chi connectivity index (χ3n) is 8.48. The van der Waals surface area contributed by atoms with Crippen LogP contribution in [0.15, 0.2) is 15.0 Å². The van der Waals surface area contributed by atoms with Gasteiger partial charge in [-0.05, 0) is 50.9 Å². The Kier molecular flexibility index (Phi) is 28.9. The van der Waals surface area contributed by atoms with E-state index in [1.807, 2.05) is 13.8 Å². The van der Waals surface area contributed by atoms with E-state index in [1.165, 1.54) is 0 Å². The van der Waals surface area contributed by atoms with E-state index in [9.17, 15) is 43.5 Å². The van der Waals surface area contributed by atoms with Crippen molar-refractivity contribution in [3.63, 3.8) is 0 Å². The highest BCUT2D eigenvalue weighted by atomic mass is 16.4. The summed E-state index contributed by atoms with van der Waals surface area (Å²) in [5.74, 6) is -5.33. The van der Waals surface area contributed by atoms with Gasteiger partial charge in [-0.1, -0.05) is 13.8 Å². The Morgan fingerprint density at radius 3 is 1.47 bits per heavy atom. The molecule has 0 radical (unpaired) electrons. The molecule has 0 aliphatic rings. The van der Waals surface area contributed by atoms with Crippen molar-refractivity contribution in [3.05, 3.63) is 0 Å². The predicted octanol–water partition coefficient (Wildman–Crippen LogP) is -6.43. The third-order valence-corrected chi connectivity index (χ3v) is 8.48. The fraction of sp³-hybridized carbons (Fsp3) is 0.694. The van der Waals surface area contributed by atoms with Gasteiger partial charge in [-0.2, -0.15) is 0 Å². The Labute approximate surface area is 361 Å². The monoisotopic (exact) mass is 884 g/mol. The molecule has 352 valence electrons. The van der Waals surface area contributed by atoms with E-state index >= 15 is 0 Å². The second-order valence-corrected chi connectivity index (χ2v) is 14.1. The Balaban J connectivity index is 5.66. The zero-order valence-electron chi connectivity index (χ0n) is 36.6. The van der Waals surface area contributed by atoms with E-state index in [0.29, 0.717) is 37.7 Å². The van der Waals surface area contributed by atoms with Crippen molar-refractivity contribution in [2.75, 3.05) is 74.0 Å². The molecule has 0 spiro atoms. The van der Waals surface area contributed by atoms with Crippen LogP contribution in [0.5, 0.6) is 0 Å². The highest BCUT2D eigenvalue weighted by molar-refractivity contribution is 5.95. The molecule has 0 rings (SSSR count). The van der Waals surface area contributed by atoms with Gasteiger partial charge in [-0.25, -0.2) is 4.79 Å². The second kappa shape index (κ2) is 32.3. The molecule has 0 aliphatic heterocycles. The highest BCUT2D eigenvalue weighted by Gasteiger charge is 2.26. The minimum Gasteiger partial charge on any atom is -0.480 e. The number of aliphatic carboxylic acids is 1. The molecule has 0 unspecified atom stereocenters. The summed E-state index contributed by atoms with van der Waals surface area (Å²) in [6.45, 7) is 2.36. The van der Waals surface area contributed by atoms with Crippen LogP contribution in [0.25, 0.3) is 0 Å². The molecule has 0 aliphatic carbocycles. The first-order valence-electron chi connectivity index (χ1n) is 20.2. The molecule has 0 heterocycles. The molecule has 7 amide bonds. The van der Waals surface area contributed by atoms with E-state index in [4.69, 9.17) is 17.2 Å². The smallest absolute Gasteiger partial charge is 0.326 e. The number of carboxylic acid groups (broad SMARTS) is 1. The van der Waals surface area contributed by atoms with Crippen LogP contribution in [0.4, 0.5) is 0 Å². The summed E-state index contributed by atoms with van der Waals surface area (Å²) < 4.78 is 0. The number of nitrogens with one attached hydrogen (secondary N) is 11. The largest absolute Gasteiger partial charge is 0.480 e. The number of hydrogen-bond acceptors (Lipinski definition) is 12. The van der Waals surface area contributed by atoms with Gasteiger partial charge in [-0.15, -0.1) is 0 Å². The summed E-state index contributed by atoms with van der Waals surface area (Å²) >= 11 is 0. The van der Waals surface area contributed by atoms with Crippen molar-refractivity contribution in [1.82, 2.24) is 58.5 Å². The molecule has 62 heavy (non-hydrogen) atoms. The van der Waals surface area contributed by atoms with Crippen LogP contribution >= 0.6 is 0 Å². The van der Waals surface area contributed by atoms with Crippen molar-refractivity contribution in [1.29, 1.82) is 0 Å². The Morgan fingerprint density at radius 2 is 1.00 bits per heavy atom. The second-order valence-electron chi connectivity index (χ2n) is 14.1. The van der Waals surface area contributed by atoms with E-state index < -0.39 is 97.7 Å². The fourth-order valence-corrected chi connectivity index (χ4v) is 5.33. The number of carbonyl (C=O) groups is 8. The van der Waals surface area contributed by atoms with Gasteiger partial charge in [0.1, 0.15) is 18.1 Å². The van der Waals surface area contributed by atoms with Gasteiger partial charge in [0, 0.05) is 47.8 Å². The molecule has 26 nitrogen and oxygen atoms in total. The number of nitrogens with two attached hydrogens (primary N) is 3. The molecule has 4 atom stereocenters.